The number of nitrogen functional groups attached to an aromatic ring is 1. The van der Waals surface area contributed by atoms with Crippen molar-refractivity contribution in [1.82, 2.24) is 0 Å². The molecule has 2 nitrogen and oxygen atoms in total. The third kappa shape index (κ3) is 1.80. The summed E-state index contributed by atoms with van der Waals surface area (Å²) in [5.41, 5.74) is 8.41. The SMILES string of the molecule is Nc1ccc2c(I)c(-c3ccccc3)oc2c1. The molecule has 0 saturated carbocycles. The van der Waals surface area contributed by atoms with Gasteiger partial charge >= 0.3 is 0 Å². The standard InChI is InChI=1S/C14H10INO/c15-13-11-7-6-10(16)8-12(11)17-14(13)9-4-2-1-3-5-9/h1-8H,16H2. The molecular formula is C14H10INO. The lowest BCUT2D eigenvalue weighted by atomic mass is 10.1. The summed E-state index contributed by atoms with van der Waals surface area (Å²) in [4.78, 5) is 0. The topological polar surface area (TPSA) is 39.2 Å². The van der Waals surface area contributed by atoms with Crippen LogP contribution in [0, 0.1) is 3.57 Å². The molecule has 1 aromatic heterocycles. The van der Waals surface area contributed by atoms with Crippen LogP contribution in [0.5, 0.6) is 0 Å². The maximum Gasteiger partial charge on any atom is 0.148 e. The van der Waals surface area contributed by atoms with Gasteiger partial charge in [-0.2, -0.15) is 0 Å². The lowest BCUT2D eigenvalue weighted by molar-refractivity contribution is 0.630. The molecule has 0 unspecified atom stereocenters. The molecule has 0 bridgehead atoms. The van der Waals surface area contributed by atoms with Crippen molar-refractivity contribution in [3.8, 4) is 11.3 Å². The quantitative estimate of drug-likeness (QED) is 0.532. The largest absolute Gasteiger partial charge is 0.455 e. The Morgan fingerprint density at radius 3 is 2.53 bits per heavy atom. The molecule has 0 aliphatic rings. The summed E-state index contributed by atoms with van der Waals surface area (Å²) in [7, 11) is 0. The van der Waals surface area contributed by atoms with Gasteiger partial charge in [0.1, 0.15) is 11.3 Å². The van der Waals surface area contributed by atoms with Crippen LogP contribution < -0.4 is 5.73 Å². The molecule has 0 spiro atoms. The summed E-state index contributed by atoms with van der Waals surface area (Å²) in [6.07, 6.45) is 0. The summed E-state index contributed by atoms with van der Waals surface area (Å²) in [6.45, 7) is 0. The predicted molar refractivity (Wildman–Crippen MR) is 78.8 cm³/mol. The Morgan fingerprint density at radius 1 is 1.00 bits per heavy atom. The van der Waals surface area contributed by atoms with Gasteiger partial charge in [0.25, 0.3) is 0 Å². The van der Waals surface area contributed by atoms with Crippen molar-refractivity contribution in [3.63, 3.8) is 0 Å². The summed E-state index contributed by atoms with van der Waals surface area (Å²) < 4.78 is 7.01. The number of rotatable bonds is 1. The predicted octanol–water partition coefficient (Wildman–Crippen LogP) is 4.29. The maximum absolute atomic E-state index is 5.88. The van der Waals surface area contributed by atoms with Crippen LogP contribution in [0.3, 0.4) is 0 Å². The molecule has 0 aliphatic carbocycles. The fourth-order valence-electron chi connectivity index (χ4n) is 1.86. The molecule has 0 radical (unpaired) electrons. The highest BCUT2D eigenvalue weighted by Crippen LogP contribution is 2.35. The van der Waals surface area contributed by atoms with Crippen molar-refractivity contribution in [2.24, 2.45) is 0 Å². The number of furan rings is 1. The van der Waals surface area contributed by atoms with Gasteiger partial charge in [-0.3, -0.25) is 0 Å². The molecule has 0 atom stereocenters. The van der Waals surface area contributed by atoms with Crippen molar-refractivity contribution in [2.45, 2.75) is 0 Å². The zero-order valence-corrected chi connectivity index (χ0v) is 11.1. The van der Waals surface area contributed by atoms with E-state index in [1.807, 2.05) is 48.5 Å². The van der Waals surface area contributed by atoms with E-state index in [4.69, 9.17) is 10.2 Å². The minimum Gasteiger partial charge on any atom is -0.455 e. The first-order valence-electron chi connectivity index (χ1n) is 5.28. The molecule has 84 valence electrons. The number of halogens is 1. The van der Waals surface area contributed by atoms with E-state index in [0.717, 1.165) is 31.6 Å². The van der Waals surface area contributed by atoms with Gasteiger partial charge in [0.15, 0.2) is 0 Å². The van der Waals surface area contributed by atoms with Gasteiger partial charge in [0.05, 0.1) is 3.57 Å². The second kappa shape index (κ2) is 4.07. The Morgan fingerprint density at radius 2 is 1.76 bits per heavy atom. The second-order valence-electron chi connectivity index (χ2n) is 3.87. The Labute approximate surface area is 113 Å². The molecule has 3 heteroatoms. The molecule has 0 fully saturated rings. The first-order chi connectivity index (χ1) is 8.25. The molecule has 2 N–H and O–H groups in total. The van der Waals surface area contributed by atoms with Crippen molar-refractivity contribution in [2.75, 3.05) is 5.73 Å². The van der Waals surface area contributed by atoms with Gasteiger partial charge in [-0.25, -0.2) is 0 Å². The second-order valence-corrected chi connectivity index (χ2v) is 4.95. The van der Waals surface area contributed by atoms with E-state index in [0.29, 0.717) is 0 Å². The number of benzene rings is 2. The summed E-state index contributed by atoms with van der Waals surface area (Å²) in [5, 5.41) is 1.11. The number of hydrogen-bond donors (Lipinski definition) is 1. The smallest absolute Gasteiger partial charge is 0.148 e. The third-order valence-electron chi connectivity index (χ3n) is 2.69. The summed E-state index contributed by atoms with van der Waals surface area (Å²) in [5.74, 6) is 0.909. The molecule has 0 saturated heterocycles. The van der Waals surface area contributed by atoms with E-state index < -0.39 is 0 Å². The molecule has 17 heavy (non-hydrogen) atoms. The number of hydrogen-bond acceptors (Lipinski definition) is 2. The molecule has 1 heterocycles. The van der Waals surface area contributed by atoms with Crippen LogP contribution in [0.25, 0.3) is 22.3 Å². The Bertz CT molecular complexity index is 673. The van der Waals surface area contributed by atoms with Gasteiger partial charge in [-0.1, -0.05) is 30.3 Å². The Balaban J connectivity index is 2.28. The van der Waals surface area contributed by atoms with Crippen LogP contribution in [0.15, 0.2) is 52.9 Å². The van der Waals surface area contributed by atoms with Gasteiger partial charge in [0.2, 0.25) is 0 Å². The van der Waals surface area contributed by atoms with Crippen molar-refractivity contribution in [3.05, 3.63) is 52.1 Å². The van der Waals surface area contributed by atoms with Crippen LogP contribution in [-0.4, -0.2) is 0 Å². The Kier molecular flexibility index (Phi) is 2.55. The maximum atomic E-state index is 5.88. The number of anilines is 1. The van der Waals surface area contributed by atoms with Crippen LogP contribution in [0.2, 0.25) is 0 Å². The van der Waals surface area contributed by atoms with Crippen LogP contribution in [0.1, 0.15) is 0 Å². The van der Waals surface area contributed by atoms with Crippen molar-refractivity contribution >= 4 is 39.2 Å². The van der Waals surface area contributed by atoms with E-state index in [9.17, 15) is 0 Å². The van der Waals surface area contributed by atoms with E-state index in [-0.39, 0.29) is 0 Å². The molecule has 0 aliphatic heterocycles. The van der Waals surface area contributed by atoms with E-state index in [2.05, 4.69) is 22.6 Å². The number of fused-ring (bicyclic) bond motifs is 1. The normalized spacial score (nSPS) is 10.9. The van der Waals surface area contributed by atoms with Crippen molar-refractivity contribution < 1.29 is 4.42 Å². The van der Waals surface area contributed by atoms with Crippen LogP contribution in [0.4, 0.5) is 5.69 Å². The highest BCUT2D eigenvalue weighted by molar-refractivity contribution is 14.1. The minimum absolute atomic E-state index is 0.724. The first kappa shape index (κ1) is 10.7. The third-order valence-corrected chi connectivity index (χ3v) is 3.76. The van der Waals surface area contributed by atoms with Gasteiger partial charge in [-0.05, 0) is 34.7 Å². The van der Waals surface area contributed by atoms with Crippen molar-refractivity contribution in [1.29, 1.82) is 0 Å². The molecule has 3 rings (SSSR count). The van der Waals surface area contributed by atoms with E-state index >= 15 is 0 Å². The fourth-order valence-corrected chi connectivity index (χ4v) is 2.72. The number of nitrogens with two attached hydrogens (primary N) is 1. The molecule has 3 aromatic rings. The minimum atomic E-state index is 0.724. The highest BCUT2D eigenvalue weighted by atomic mass is 127. The fraction of sp³-hybridized carbons (Fsp3) is 0. The van der Waals surface area contributed by atoms with E-state index in [1.54, 1.807) is 0 Å². The highest BCUT2D eigenvalue weighted by Gasteiger charge is 2.13. The zero-order valence-electron chi connectivity index (χ0n) is 8.98. The van der Waals surface area contributed by atoms with Gasteiger partial charge in [-0.15, -0.1) is 0 Å². The van der Waals surface area contributed by atoms with Gasteiger partial charge in [0, 0.05) is 22.7 Å². The molecule has 0 amide bonds. The summed E-state index contributed by atoms with van der Waals surface area (Å²) in [6, 6.07) is 15.9. The Hall–Kier alpha value is -1.49. The lowest BCUT2D eigenvalue weighted by Gasteiger charge is -1.95. The monoisotopic (exact) mass is 335 g/mol. The zero-order chi connectivity index (χ0) is 11.8. The molecular weight excluding hydrogens is 325 g/mol. The summed E-state index contributed by atoms with van der Waals surface area (Å²) >= 11 is 2.31. The average Bonchev–Trinajstić information content (AvgIpc) is 2.67. The first-order valence-corrected chi connectivity index (χ1v) is 6.36. The van der Waals surface area contributed by atoms with Crippen LogP contribution >= 0.6 is 22.6 Å². The molecule has 2 aromatic carbocycles. The average molecular weight is 335 g/mol. The van der Waals surface area contributed by atoms with E-state index in [1.165, 1.54) is 0 Å². The van der Waals surface area contributed by atoms with Crippen LogP contribution in [-0.2, 0) is 0 Å². The van der Waals surface area contributed by atoms with Gasteiger partial charge < -0.3 is 10.2 Å². The lowest BCUT2D eigenvalue weighted by Crippen LogP contribution is -1.81.